The van der Waals surface area contributed by atoms with Crippen LogP contribution >= 0.6 is 0 Å². The van der Waals surface area contributed by atoms with Crippen molar-refractivity contribution in [1.82, 2.24) is 4.90 Å². The van der Waals surface area contributed by atoms with Gasteiger partial charge in [-0.15, -0.1) is 0 Å². The molecule has 0 fully saturated rings. The van der Waals surface area contributed by atoms with E-state index in [0.717, 1.165) is 6.07 Å². The monoisotopic (exact) mass is 319 g/mol. The van der Waals surface area contributed by atoms with E-state index in [1.54, 1.807) is 0 Å². The standard InChI is InChI=1S/C18H19F2NO2/c19-14-8-13-10-21(7-6-17(13)18(20)9-14)11-15(22)12-23-16-4-2-1-3-5-16/h1-5,8-9,15,22H,6-7,10-12H2. The molecule has 5 heteroatoms. The quantitative estimate of drug-likeness (QED) is 0.920. The van der Waals surface area contributed by atoms with Gasteiger partial charge in [-0.3, -0.25) is 4.90 Å². The first kappa shape index (κ1) is 15.9. The molecular formula is C18H19F2NO2. The lowest BCUT2D eigenvalue weighted by Gasteiger charge is -2.30. The number of hydrogen-bond acceptors (Lipinski definition) is 3. The third-order valence-electron chi connectivity index (χ3n) is 3.98. The number of fused-ring (bicyclic) bond motifs is 1. The van der Waals surface area contributed by atoms with Gasteiger partial charge in [-0.05, 0) is 35.7 Å². The zero-order valence-corrected chi connectivity index (χ0v) is 12.7. The fraction of sp³-hybridized carbons (Fsp3) is 0.333. The minimum Gasteiger partial charge on any atom is -0.491 e. The second-order valence-corrected chi connectivity index (χ2v) is 5.79. The summed E-state index contributed by atoms with van der Waals surface area (Å²) in [6, 6.07) is 11.6. The number of aliphatic hydroxyl groups is 1. The molecule has 0 spiro atoms. The van der Waals surface area contributed by atoms with Crippen molar-refractivity contribution in [3.63, 3.8) is 0 Å². The van der Waals surface area contributed by atoms with Crippen LogP contribution in [0, 0.1) is 11.6 Å². The normalized spacial score (nSPS) is 16.0. The molecule has 0 radical (unpaired) electrons. The minimum absolute atomic E-state index is 0.185. The Hall–Kier alpha value is -1.98. The molecule has 1 heterocycles. The van der Waals surface area contributed by atoms with Crippen LogP contribution in [-0.4, -0.2) is 35.8 Å². The highest BCUT2D eigenvalue weighted by Gasteiger charge is 2.22. The van der Waals surface area contributed by atoms with E-state index in [1.165, 1.54) is 6.07 Å². The summed E-state index contributed by atoms with van der Waals surface area (Å²) in [5.74, 6) is -0.330. The molecule has 0 saturated heterocycles. The van der Waals surface area contributed by atoms with Gasteiger partial charge in [0.25, 0.3) is 0 Å². The van der Waals surface area contributed by atoms with Crippen LogP contribution in [0.3, 0.4) is 0 Å². The smallest absolute Gasteiger partial charge is 0.129 e. The van der Waals surface area contributed by atoms with Gasteiger partial charge in [0, 0.05) is 25.7 Å². The number of benzene rings is 2. The summed E-state index contributed by atoms with van der Waals surface area (Å²) in [5, 5.41) is 10.1. The molecular weight excluding hydrogens is 300 g/mol. The van der Waals surface area contributed by atoms with Crippen molar-refractivity contribution in [3.05, 3.63) is 65.2 Å². The number of ether oxygens (including phenoxy) is 1. The number of rotatable bonds is 5. The maximum Gasteiger partial charge on any atom is 0.129 e. The number of para-hydroxylation sites is 1. The van der Waals surface area contributed by atoms with Crippen molar-refractivity contribution in [2.24, 2.45) is 0 Å². The molecule has 1 aliphatic heterocycles. The summed E-state index contributed by atoms with van der Waals surface area (Å²) in [6.45, 7) is 1.67. The molecule has 3 rings (SSSR count). The molecule has 0 bridgehead atoms. The number of halogens is 2. The second kappa shape index (κ2) is 7.06. The predicted molar refractivity (Wildman–Crippen MR) is 83.3 cm³/mol. The number of nitrogens with zero attached hydrogens (tertiary/aromatic N) is 1. The zero-order valence-electron chi connectivity index (χ0n) is 12.7. The Morgan fingerprint density at radius 1 is 1.17 bits per heavy atom. The zero-order chi connectivity index (χ0) is 16.2. The average Bonchev–Trinajstić information content (AvgIpc) is 2.53. The van der Waals surface area contributed by atoms with Crippen molar-refractivity contribution in [2.45, 2.75) is 19.1 Å². The third-order valence-corrected chi connectivity index (χ3v) is 3.98. The number of hydrogen-bond donors (Lipinski definition) is 1. The van der Waals surface area contributed by atoms with Crippen molar-refractivity contribution < 1.29 is 18.6 Å². The molecule has 1 aliphatic rings. The molecule has 1 unspecified atom stereocenters. The number of aliphatic hydroxyl groups excluding tert-OH is 1. The Labute approximate surface area is 134 Å². The Morgan fingerprint density at radius 3 is 2.74 bits per heavy atom. The molecule has 0 aliphatic carbocycles. The van der Waals surface area contributed by atoms with Crippen molar-refractivity contribution in [2.75, 3.05) is 19.7 Å². The predicted octanol–water partition coefficient (Wildman–Crippen LogP) is 2.76. The van der Waals surface area contributed by atoms with E-state index in [2.05, 4.69) is 0 Å². The highest BCUT2D eigenvalue weighted by Crippen LogP contribution is 2.23. The molecule has 23 heavy (non-hydrogen) atoms. The lowest BCUT2D eigenvalue weighted by Crippen LogP contribution is -2.39. The summed E-state index contributed by atoms with van der Waals surface area (Å²) in [4.78, 5) is 1.99. The molecule has 0 saturated carbocycles. The van der Waals surface area contributed by atoms with Gasteiger partial charge in [0.2, 0.25) is 0 Å². The van der Waals surface area contributed by atoms with Crippen LogP contribution in [0.1, 0.15) is 11.1 Å². The van der Waals surface area contributed by atoms with Crippen molar-refractivity contribution in [1.29, 1.82) is 0 Å². The van der Waals surface area contributed by atoms with Crippen LogP contribution in [-0.2, 0) is 13.0 Å². The van der Waals surface area contributed by atoms with Crippen molar-refractivity contribution >= 4 is 0 Å². The highest BCUT2D eigenvalue weighted by molar-refractivity contribution is 5.31. The average molecular weight is 319 g/mol. The summed E-state index contributed by atoms with van der Waals surface area (Å²) < 4.78 is 32.5. The molecule has 0 amide bonds. The third kappa shape index (κ3) is 4.06. The van der Waals surface area contributed by atoms with Crippen LogP contribution in [0.25, 0.3) is 0 Å². The van der Waals surface area contributed by atoms with Gasteiger partial charge < -0.3 is 9.84 Å². The Balaban J connectivity index is 1.55. The first-order chi connectivity index (χ1) is 11.1. The van der Waals surface area contributed by atoms with E-state index in [4.69, 9.17) is 4.74 Å². The Bertz CT molecular complexity index is 664. The van der Waals surface area contributed by atoms with E-state index in [1.807, 2.05) is 35.2 Å². The summed E-state index contributed by atoms with van der Waals surface area (Å²) in [6.07, 6.45) is -0.136. The van der Waals surface area contributed by atoms with Gasteiger partial charge in [-0.1, -0.05) is 18.2 Å². The molecule has 2 aromatic carbocycles. The molecule has 2 aromatic rings. The summed E-state index contributed by atoms with van der Waals surface area (Å²) in [5.41, 5.74) is 1.24. The van der Waals surface area contributed by atoms with E-state index in [9.17, 15) is 13.9 Å². The van der Waals surface area contributed by atoms with Gasteiger partial charge >= 0.3 is 0 Å². The van der Waals surface area contributed by atoms with Gasteiger partial charge in [0.1, 0.15) is 30.1 Å². The highest BCUT2D eigenvalue weighted by atomic mass is 19.1. The van der Waals surface area contributed by atoms with Gasteiger partial charge in [-0.2, -0.15) is 0 Å². The molecule has 1 N–H and O–H groups in total. The van der Waals surface area contributed by atoms with E-state index in [0.29, 0.717) is 42.9 Å². The maximum absolute atomic E-state index is 13.7. The SMILES string of the molecule is OC(COc1ccccc1)CN1CCc2c(F)cc(F)cc2C1. The summed E-state index contributed by atoms with van der Waals surface area (Å²) in [7, 11) is 0. The second-order valence-electron chi connectivity index (χ2n) is 5.79. The van der Waals surface area contributed by atoms with Crippen LogP contribution in [0.4, 0.5) is 8.78 Å². The van der Waals surface area contributed by atoms with E-state index in [-0.39, 0.29) is 6.61 Å². The number of β-amino-alcohol motifs (C(OH)–C–C–N with tert-alkyl or cyclic N) is 1. The largest absolute Gasteiger partial charge is 0.491 e. The van der Waals surface area contributed by atoms with Gasteiger partial charge in [-0.25, -0.2) is 8.78 Å². The van der Waals surface area contributed by atoms with Crippen LogP contribution < -0.4 is 4.74 Å². The maximum atomic E-state index is 13.7. The van der Waals surface area contributed by atoms with Crippen molar-refractivity contribution in [3.8, 4) is 5.75 Å². The Morgan fingerprint density at radius 2 is 1.96 bits per heavy atom. The van der Waals surface area contributed by atoms with Gasteiger partial charge in [0.15, 0.2) is 0 Å². The van der Waals surface area contributed by atoms with E-state index >= 15 is 0 Å². The van der Waals surface area contributed by atoms with E-state index < -0.39 is 17.7 Å². The molecule has 3 nitrogen and oxygen atoms in total. The van der Waals surface area contributed by atoms with Crippen LogP contribution in [0.5, 0.6) is 5.75 Å². The fourth-order valence-corrected chi connectivity index (χ4v) is 2.88. The Kier molecular flexibility index (Phi) is 4.88. The molecule has 1 atom stereocenters. The van der Waals surface area contributed by atoms with Crippen LogP contribution in [0.15, 0.2) is 42.5 Å². The molecule has 122 valence electrons. The lowest BCUT2D eigenvalue weighted by atomic mass is 9.98. The first-order valence-electron chi connectivity index (χ1n) is 7.67. The fourth-order valence-electron chi connectivity index (χ4n) is 2.88. The summed E-state index contributed by atoms with van der Waals surface area (Å²) >= 11 is 0. The first-order valence-corrected chi connectivity index (χ1v) is 7.67. The van der Waals surface area contributed by atoms with Crippen LogP contribution in [0.2, 0.25) is 0 Å². The minimum atomic E-state index is -0.657. The molecule has 0 aromatic heterocycles. The lowest BCUT2D eigenvalue weighted by molar-refractivity contribution is 0.0635. The van der Waals surface area contributed by atoms with Gasteiger partial charge in [0.05, 0.1) is 0 Å². The topological polar surface area (TPSA) is 32.7 Å².